The molecule has 0 spiro atoms. The Hall–Kier alpha value is -0.490. The van der Waals surface area contributed by atoms with Crippen LogP contribution in [0.4, 0.5) is 5.69 Å². The largest absolute Gasteiger partial charge is 0.369 e. The maximum Gasteiger partial charge on any atom is 0.220 e. The predicted molar refractivity (Wildman–Crippen MR) is 115 cm³/mol. The first-order valence-corrected chi connectivity index (χ1v) is 10.0. The molecule has 3 unspecified atom stereocenters. The van der Waals surface area contributed by atoms with Crippen LogP contribution < -0.4 is 15.5 Å². The lowest BCUT2D eigenvalue weighted by atomic mass is 9.89. The number of rotatable bonds is 4. The summed E-state index contributed by atoms with van der Waals surface area (Å²) in [4.78, 5) is 14.8. The predicted octanol–water partition coefficient (Wildman–Crippen LogP) is 3.91. The summed E-state index contributed by atoms with van der Waals surface area (Å²) in [5.41, 5.74) is 1.24. The van der Waals surface area contributed by atoms with Crippen molar-refractivity contribution in [2.45, 2.75) is 56.7 Å². The van der Waals surface area contributed by atoms with Crippen LogP contribution >= 0.6 is 40.7 Å². The molecule has 0 saturated carbocycles. The molecule has 3 atom stereocenters. The molecular weight excluding hydrogens is 437 g/mol. The van der Waals surface area contributed by atoms with E-state index in [2.05, 4.69) is 55.7 Å². The van der Waals surface area contributed by atoms with E-state index in [1.807, 2.05) is 0 Å². The van der Waals surface area contributed by atoms with Gasteiger partial charge in [-0.1, -0.05) is 15.9 Å². The average Bonchev–Trinajstić information content (AvgIpc) is 3.14. The van der Waals surface area contributed by atoms with Crippen molar-refractivity contribution in [2.24, 2.45) is 5.92 Å². The zero-order chi connectivity index (χ0) is 16.5. The van der Waals surface area contributed by atoms with Gasteiger partial charge in [0.1, 0.15) is 0 Å². The number of halogens is 3. The van der Waals surface area contributed by atoms with Crippen molar-refractivity contribution >= 4 is 52.3 Å². The van der Waals surface area contributed by atoms with Crippen LogP contribution in [0.2, 0.25) is 0 Å². The number of fused-ring (bicyclic) bond motifs is 2. The number of carbonyl (C=O) groups is 1. The van der Waals surface area contributed by atoms with E-state index in [4.69, 9.17) is 0 Å². The minimum atomic E-state index is 0. The monoisotopic (exact) mass is 463 g/mol. The topological polar surface area (TPSA) is 44.4 Å². The van der Waals surface area contributed by atoms with Crippen LogP contribution in [-0.2, 0) is 4.79 Å². The molecule has 1 amide bonds. The second kappa shape index (κ2) is 9.63. The summed E-state index contributed by atoms with van der Waals surface area (Å²) in [6.45, 7) is 1.94. The van der Waals surface area contributed by atoms with Gasteiger partial charge in [-0.3, -0.25) is 4.79 Å². The molecule has 1 aromatic carbocycles. The number of benzene rings is 1. The first kappa shape index (κ1) is 21.8. The van der Waals surface area contributed by atoms with Crippen molar-refractivity contribution in [1.29, 1.82) is 0 Å². The second-order valence-electron chi connectivity index (χ2n) is 7.65. The van der Waals surface area contributed by atoms with Gasteiger partial charge >= 0.3 is 0 Å². The van der Waals surface area contributed by atoms with E-state index < -0.39 is 0 Å². The molecular formula is C19H28BrCl2N3O. The fourth-order valence-corrected chi connectivity index (χ4v) is 4.92. The Kier molecular flexibility index (Phi) is 8.08. The molecule has 3 saturated heterocycles. The van der Waals surface area contributed by atoms with Crippen molar-refractivity contribution in [3.8, 4) is 0 Å². The molecule has 3 aliphatic rings. The summed E-state index contributed by atoms with van der Waals surface area (Å²) < 4.78 is 1.10. The number of hydrogen-bond donors (Lipinski definition) is 2. The van der Waals surface area contributed by atoms with E-state index in [1.54, 1.807) is 0 Å². The maximum absolute atomic E-state index is 12.4. The quantitative estimate of drug-likeness (QED) is 0.709. The van der Waals surface area contributed by atoms with Gasteiger partial charge in [0.25, 0.3) is 0 Å². The van der Waals surface area contributed by atoms with Gasteiger partial charge in [-0.2, -0.15) is 0 Å². The van der Waals surface area contributed by atoms with Crippen molar-refractivity contribution in [2.75, 3.05) is 18.0 Å². The minimum Gasteiger partial charge on any atom is -0.369 e. The van der Waals surface area contributed by atoms with E-state index in [-0.39, 0.29) is 30.7 Å². The Balaban J connectivity index is 0.00000121. The van der Waals surface area contributed by atoms with E-state index >= 15 is 0 Å². The summed E-state index contributed by atoms with van der Waals surface area (Å²) in [7, 11) is 0. The third kappa shape index (κ3) is 5.28. The van der Waals surface area contributed by atoms with Crippen molar-refractivity contribution in [3.63, 3.8) is 0 Å². The third-order valence-electron chi connectivity index (χ3n) is 5.79. The first-order chi connectivity index (χ1) is 11.7. The van der Waals surface area contributed by atoms with Gasteiger partial charge in [0.05, 0.1) is 0 Å². The SMILES string of the molecule is Cl.Cl.O=C(CC1CC2CCC(C1)N2)NC1CCN(c2ccc(Br)cc2)C1. The van der Waals surface area contributed by atoms with Crippen LogP contribution in [0.25, 0.3) is 0 Å². The molecule has 3 heterocycles. The number of amides is 1. The van der Waals surface area contributed by atoms with Crippen LogP contribution in [0.1, 0.15) is 38.5 Å². The lowest BCUT2D eigenvalue weighted by Gasteiger charge is -2.29. The highest BCUT2D eigenvalue weighted by Crippen LogP contribution is 2.32. The summed E-state index contributed by atoms with van der Waals surface area (Å²) >= 11 is 3.48. The van der Waals surface area contributed by atoms with Crippen molar-refractivity contribution in [3.05, 3.63) is 28.7 Å². The number of nitrogens with zero attached hydrogens (tertiary/aromatic N) is 1. The van der Waals surface area contributed by atoms with E-state index in [9.17, 15) is 4.79 Å². The minimum absolute atomic E-state index is 0. The van der Waals surface area contributed by atoms with Crippen LogP contribution in [0.15, 0.2) is 28.7 Å². The third-order valence-corrected chi connectivity index (χ3v) is 6.32. The smallest absolute Gasteiger partial charge is 0.220 e. The number of hydrogen-bond acceptors (Lipinski definition) is 3. The molecule has 7 heteroatoms. The zero-order valence-corrected chi connectivity index (χ0v) is 18.0. The fourth-order valence-electron chi connectivity index (χ4n) is 4.66. The maximum atomic E-state index is 12.4. The average molecular weight is 465 g/mol. The Morgan fingerprint density at radius 1 is 1.12 bits per heavy atom. The highest BCUT2D eigenvalue weighted by atomic mass is 79.9. The van der Waals surface area contributed by atoms with Gasteiger partial charge < -0.3 is 15.5 Å². The molecule has 0 radical (unpaired) electrons. The fraction of sp³-hybridized carbons (Fsp3) is 0.632. The summed E-state index contributed by atoms with van der Waals surface area (Å²) in [5.74, 6) is 0.830. The second-order valence-corrected chi connectivity index (χ2v) is 8.57. The molecule has 2 bridgehead atoms. The number of nitrogens with one attached hydrogen (secondary N) is 2. The van der Waals surface area contributed by atoms with Crippen LogP contribution in [0.3, 0.4) is 0 Å². The molecule has 146 valence electrons. The number of piperidine rings is 1. The van der Waals surface area contributed by atoms with Crippen molar-refractivity contribution in [1.82, 2.24) is 10.6 Å². The molecule has 0 aromatic heterocycles. The van der Waals surface area contributed by atoms with Gasteiger partial charge in [0, 0.05) is 47.8 Å². The zero-order valence-electron chi connectivity index (χ0n) is 14.8. The summed E-state index contributed by atoms with van der Waals surface area (Å²) in [6.07, 6.45) is 6.71. The Labute approximate surface area is 176 Å². The molecule has 3 fully saturated rings. The lowest BCUT2D eigenvalue weighted by Crippen LogP contribution is -2.42. The highest BCUT2D eigenvalue weighted by Gasteiger charge is 2.34. The van der Waals surface area contributed by atoms with Gasteiger partial charge in [-0.15, -0.1) is 24.8 Å². The lowest BCUT2D eigenvalue weighted by molar-refractivity contribution is -0.122. The van der Waals surface area contributed by atoms with Gasteiger partial charge in [0.2, 0.25) is 5.91 Å². The van der Waals surface area contributed by atoms with Crippen LogP contribution in [-0.4, -0.2) is 37.1 Å². The van der Waals surface area contributed by atoms with E-state index in [1.165, 1.54) is 31.4 Å². The van der Waals surface area contributed by atoms with Crippen LogP contribution in [0, 0.1) is 5.92 Å². The molecule has 3 aliphatic heterocycles. The molecule has 4 nitrogen and oxygen atoms in total. The molecule has 2 N–H and O–H groups in total. The number of anilines is 1. The Bertz CT molecular complexity index is 589. The van der Waals surface area contributed by atoms with E-state index in [0.29, 0.717) is 30.5 Å². The molecule has 26 heavy (non-hydrogen) atoms. The standard InChI is InChI=1S/C19H26BrN3O.2ClH/c20-14-1-5-18(6-2-14)23-8-7-17(12-23)22-19(24)11-13-9-15-3-4-16(10-13)21-15;;/h1-2,5-6,13,15-17,21H,3-4,7-12H2,(H,22,24);2*1H. The molecule has 4 rings (SSSR count). The molecule has 0 aliphatic carbocycles. The van der Waals surface area contributed by atoms with Gasteiger partial charge in [0.15, 0.2) is 0 Å². The summed E-state index contributed by atoms with van der Waals surface area (Å²) in [6, 6.07) is 10.1. The van der Waals surface area contributed by atoms with Crippen LogP contribution in [0.5, 0.6) is 0 Å². The molecule has 1 aromatic rings. The summed E-state index contributed by atoms with van der Waals surface area (Å²) in [5, 5.41) is 6.93. The first-order valence-electron chi connectivity index (χ1n) is 9.21. The Morgan fingerprint density at radius 3 is 2.42 bits per heavy atom. The normalized spacial score (nSPS) is 29.7. The number of carbonyl (C=O) groups excluding carboxylic acids is 1. The van der Waals surface area contributed by atoms with Crippen molar-refractivity contribution < 1.29 is 4.79 Å². The highest BCUT2D eigenvalue weighted by molar-refractivity contribution is 9.10. The van der Waals surface area contributed by atoms with E-state index in [0.717, 1.165) is 24.0 Å². The Morgan fingerprint density at radius 2 is 1.77 bits per heavy atom. The van der Waals surface area contributed by atoms with Gasteiger partial charge in [-0.25, -0.2) is 0 Å². The van der Waals surface area contributed by atoms with Gasteiger partial charge in [-0.05, 0) is 62.3 Å².